The summed E-state index contributed by atoms with van der Waals surface area (Å²) < 4.78 is 11.5. The molecule has 2 atom stereocenters. The Kier molecular flexibility index (Phi) is 4.45. The largest absolute Gasteiger partial charge is 0.384 e. The molecule has 5 nitrogen and oxygen atoms in total. The fourth-order valence-corrected chi connectivity index (χ4v) is 3.71. The van der Waals surface area contributed by atoms with Crippen LogP contribution < -0.4 is 0 Å². The van der Waals surface area contributed by atoms with Crippen molar-refractivity contribution >= 4 is 5.91 Å². The lowest BCUT2D eigenvalue weighted by Crippen LogP contribution is -2.56. The van der Waals surface area contributed by atoms with Crippen molar-refractivity contribution in [2.75, 3.05) is 33.4 Å². The Hall–Kier alpha value is -1.46. The summed E-state index contributed by atoms with van der Waals surface area (Å²) in [5.74, 6) is 0.433. The number of carbonyl (C=O) groups excluding carboxylic acids is 1. The first kappa shape index (κ1) is 15.4. The molecule has 1 saturated carbocycles. The molecule has 5 heteroatoms. The van der Waals surface area contributed by atoms with Crippen LogP contribution in [0.3, 0.4) is 0 Å². The Labute approximate surface area is 131 Å². The van der Waals surface area contributed by atoms with E-state index in [1.807, 2.05) is 24.0 Å². The number of pyridine rings is 1. The minimum absolute atomic E-state index is 0.0539. The second kappa shape index (κ2) is 6.34. The molecule has 0 radical (unpaired) electrons. The Morgan fingerprint density at radius 3 is 3.14 bits per heavy atom. The zero-order chi connectivity index (χ0) is 15.6. The maximum absolute atomic E-state index is 12.7. The van der Waals surface area contributed by atoms with Crippen LogP contribution in [0.1, 0.15) is 35.3 Å². The third kappa shape index (κ3) is 2.88. The van der Waals surface area contributed by atoms with Crippen LogP contribution in [0.25, 0.3) is 0 Å². The van der Waals surface area contributed by atoms with Gasteiger partial charge in [0, 0.05) is 31.5 Å². The van der Waals surface area contributed by atoms with Crippen molar-refractivity contribution < 1.29 is 14.3 Å². The molecule has 3 rings (SSSR count). The molecule has 2 fully saturated rings. The highest BCUT2D eigenvalue weighted by Crippen LogP contribution is 2.41. The van der Waals surface area contributed by atoms with Crippen molar-refractivity contribution in [2.45, 2.75) is 31.8 Å². The molecule has 2 aliphatic rings. The maximum atomic E-state index is 12.7. The lowest BCUT2D eigenvalue weighted by Gasteiger charge is -2.44. The van der Waals surface area contributed by atoms with Crippen molar-refractivity contribution in [3.8, 4) is 0 Å². The number of hydrogen-bond acceptors (Lipinski definition) is 4. The van der Waals surface area contributed by atoms with Crippen LogP contribution in [0.5, 0.6) is 0 Å². The second-order valence-electron chi connectivity index (χ2n) is 6.37. The molecule has 22 heavy (non-hydrogen) atoms. The molecule has 1 aromatic heterocycles. The summed E-state index contributed by atoms with van der Waals surface area (Å²) in [7, 11) is 1.73. The van der Waals surface area contributed by atoms with Crippen molar-refractivity contribution in [3.63, 3.8) is 0 Å². The van der Waals surface area contributed by atoms with Gasteiger partial charge in [0.25, 0.3) is 5.91 Å². The van der Waals surface area contributed by atoms with Gasteiger partial charge in [-0.2, -0.15) is 0 Å². The number of rotatable bonds is 3. The number of nitrogens with zero attached hydrogens (tertiary/aromatic N) is 2. The molecule has 0 N–H and O–H groups in total. The molecule has 1 aromatic rings. The monoisotopic (exact) mass is 304 g/mol. The van der Waals surface area contributed by atoms with E-state index in [0.717, 1.165) is 25.0 Å². The number of hydrogen-bond donors (Lipinski definition) is 0. The smallest absolute Gasteiger partial charge is 0.255 e. The molecule has 1 aliphatic heterocycles. The quantitative estimate of drug-likeness (QED) is 0.857. The zero-order valence-corrected chi connectivity index (χ0v) is 13.4. The highest BCUT2D eigenvalue weighted by molar-refractivity contribution is 5.94. The average Bonchev–Trinajstić information content (AvgIpc) is 2.90. The SMILES string of the molecule is COC[C@H]1CCC[C@]12CN(C(=O)c1ccc(C)nc1)CCO2. The minimum atomic E-state index is -0.220. The first-order chi connectivity index (χ1) is 10.6. The fourth-order valence-electron chi connectivity index (χ4n) is 3.71. The molecule has 0 bridgehead atoms. The van der Waals surface area contributed by atoms with Gasteiger partial charge in [0.15, 0.2) is 0 Å². The number of ether oxygens (including phenoxy) is 2. The molecule has 0 unspecified atom stereocenters. The molecular weight excluding hydrogens is 280 g/mol. The van der Waals surface area contributed by atoms with E-state index in [0.29, 0.717) is 37.8 Å². The van der Waals surface area contributed by atoms with Gasteiger partial charge in [0.2, 0.25) is 0 Å². The average molecular weight is 304 g/mol. The summed E-state index contributed by atoms with van der Waals surface area (Å²) in [6, 6.07) is 3.74. The normalized spacial score (nSPS) is 28.3. The van der Waals surface area contributed by atoms with Crippen LogP contribution in [0.15, 0.2) is 18.3 Å². The standard InChI is InChI=1S/C17H24N2O3/c1-13-5-6-14(10-18-13)16(20)19-8-9-22-17(12-19)7-3-4-15(17)11-21-2/h5-6,10,15H,3-4,7-9,11-12H2,1-2H3/t15-,17+/m1/s1. The topological polar surface area (TPSA) is 51.7 Å². The Balaban J connectivity index is 1.75. The summed E-state index contributed by atoms with van der Waals surface area (Å²) in [6.07, 6.45) is 4.93. The summed E-state index contributed by atoms with van der Waals surface area (Å²) in [5.41, 5.74) is 1.36. The van der Waals surface area contributed by atoms with E-state index in [2.05, 4.69) is 4.98 Å². The van der Waals surface area contributed by atoms with Crippen LogP contribution in [-0.2, 0) is 9.47 Å². The summed E-state index contributed by atoms with van der Waals surface area (Å²) >= 11 is 0. The predicted octanol–water partition coefficient (Wildman–Crippen LogP) is 2.05. The van der Waals surface area contributed by atoms with Gasteiger partial charge in [-0.3, -0.25) is 9.78 Å². The molecule has 120 valence electrons. The van der Waals surface area contributed by atoms with Gasteiger partial charge in [-0.05, 0) is 31.9 Å². The van der Waals surface area contributed by atoms with Gasteiger partial charge in [0.05, 0.1) is 30.9 Å². The lowest BCUT2D eigenvalue weighted by atomic mass is 9.89. The Morgan fingerprint density at radius 1 is 1.55 bits per heavy atom. The lowest BCUT2D eigenvalue weighted by molar-refractivity contribution is -0.130. The number of carbonyl (C=O) groups is 1. The zero-order valence-electron chi connectivity index (χ0n) is 13.4. The number of aromatic nitrogens is 1. The van der Waals surface area contributed by atoms with Gasteiger partial charge >= 0.3 is 0 Å². The van der Waals surface area contributed by atoms with Crippen LogP contribution in [-0.4, -0.2) is 54.8 Å². The molecule has 0 aromatic carbocycles. The molecule has 1 aliphatic carbocycles. The summed E-state index contributed by atoms with van der Waals surface area (Å²) in [5, 5.41) is 0. The van der Waals surface area contributed by atoms with Crippen LogP contribution in [0.2, 0.25) is 0 Å². The number of amides is 1. The molecule has 2 heterocycles. The minimum Gasteiger partial charge on any atom is -0.384 e. The maximum Gasteiger partial charge on any atom is 0.255 e. The van der Waals surface area contributed by atoms with Crippen LogP contribution >= 0.6 is 0 Å². The Morgan fingerprint density at radius 2 is 2.41 bits per heavy atom. The molecule has 1 saturated heterocycles. The van der Waals surface area contributed by atoms with E-state index in [9.17, 15) is 4.79 Å². The number of aryl methyl sites for hydroxylation is 1. The first-order valence-electron chi connectivity index (χ1n) is 7.99. The van der Waals surface area contributed by atoms with Gasteiger partial charge in [0.1, 0.15) is 0 Å². The predicted molar refractivity (Wildman–Crippen MR) is 82.8 cm³/mol. The van der Waals surface area contributed by atoms with E-state index in [1.54, 1.807) is 13.3 Å². The fraction of sp³-hybridized carbons (Fsp3) is 0.647. The van der Waals surface area contributed by atoms with Crippen LogP contribution in [0, 0.1) is 12.8 Å². The highest BCUT2D eigenvalue weighted by atomic mass is 16.5. The molecular formula is C17H24N2O3. The van der Waals surface area contributed by atoms with E-state index >= 15 is 0 Å². The first-order valence-corrected chi connectivity index (χ1v) is 7.99. The van der Waals surface area contributed by atoms with Crippen molar-refractivity contribution in [1.82, 2.24) is 9.88 Å². The van der Waals surface area contributed by atoms with Gasteiger partial charge in [-0.25, -0.2) is 0 Å². The van der Waals surface area contributed by atoms with E-state index < -0.39 is 0 Å². The molecule has 1 amide bonds. The summed E-state index contributed by atoms with van der Waals surface area (Å²) in [6.45, 7) is 4.53. The van der Waals surface area contributed by atoms with Crippen molar-refractivity contribution in [1.29, 1.82) is 0 Å². The van der Waals surface area contributed by atoms with Gasteiger partial charge in [-0.1, -0.05) is 6.42 Å². The molecule has 1 spiro atoms. The van der Waals surface area contributed by atoms with Gasteiger partial charge < -0.3 is 14.4 Å². The van der Waals surface area contributed by atoms with Gasteiger partial charge in [-0.15, -0.1) is 0 Å². The Bertz CT molecular complexity index is 531. The summed E-state index contributed by atoms with van der Waals surface area (Å²) in [4.78, 5) is 18.9. The van der Waals surface area contributed by atoms with Crippen molar-refractivity contribution in [3.05, 3.63) is 29.6 Å². The number of morpholine rings is 1. The van der Waals surface area contributed by atoms with E-state index in [1.165, 1.54) is 0 Å². The van der Waals surface area contributed by atoms with Crippen molar-refractivity contribution in [2.24, 2.45) is 5.92 Å². The third-order valence-corrected chi connectivity index (χ3v) is 4.92. The van der Waals surface area contributed by atoms with Crippen LogP contribution in [0.4, 0.5) is 0 Å². The third-order valence-electron chi connectivity index (χ3n) is 4.92. The number of methoxy groups -OCH3 is 1. The highest BCUT2D eigenvalue weighted by Gasteiger charge is 2.47. The van der Waals surface area contributed by atoms with E-state index in [4.69, 9.17) is 9.47 Å². The van der Waals surface area contributed by atoms with E-state index in [-0.39, 0.29) is 11.5 Å². The second-order valence-corrected chi connectivity index (χ2v) is 6.37.